The van der Waals surface area contributed by atoms with E-state index in [9.17, 15) is 0 Å². The van der Waals surface area contributed by atoms with Crippen LogP contribution in [0.25, 0.3) is 0 Å². The van der Waals surface area contributed by atoms with E-state index < -0.39 is 0 Å². The Bertz CT molecular complexity index is 147. The quantitative estimate of drug-likeness (QED) is 0.455. The van der Waals surface area contributed by atoms with Gasteiger partial charge >= 0.3 is 0 Å². The maximum Gasteiger partial charge on any atom is 0.0261 e. The summed E-state index contributed by atoms with van der Waals surface area (Å²) in [6.45, 7) is 16.1. The SMILES string of the molecule is C=CC=C.C=CC=N/C=C\C.CC. The third-order valence-electron chi connectivity index (χ3n) is 0.593. The van der Waals surface area contributed by atoms with Crippen molar-refractivity contribution in [3.05, 3.63) is 50.2 Å². The van der Waals surface area contributed by atoms with E-state index >= 15 is 0 Å². The predicted octanol–water partition coefficient (Wildman–Crippen LogP) is 4.16. The fraction of sp³-hybridized carbons (Fsp3) is 0.250. The first kappa shape index (κ1) is 17.6. The van der Waals surface area contributed by atoms with Crippen LogP contribution in [0.5, 0.6) is 0 Å². The van der Waals surface area contributed by atoms with Crippen LogP contribution in [0.3, 0.4) is 0 Å². The molecule has 0 saturated carbocycles. The van der Waals surface area contributed by atoms with Gasteiger partial charge in [0.05, 0.1) is 0 Å². The average Bonchev–Trinajstić information content (AvgIpc) is 2.22. The zero-order valence-corrected chi connectivity index (χ0v) is 9.03. The van der Waals surface area contributed by atoms with Gasteiger partial charge in [0, 0.05) is 12.4 Å². The summed E-state index contributed by atoms with van der Waals surface area (Å²) in [6, 6.07) is 0. The van der Waals surface area contributed by atoms with Crippen molar-refractivity contribution in [2.24, 2.45) is 4.99 Å². The molecule has 0 spiro atoms. The average molecular weight is 179 g/mol. The Morgan fingerprint density at radius 1 is 0.923 bits per heavy atom. The maximum atomic E-state index is 3.78. The Morgan fingerprint density at radius 2 is 1.38 bits per heavy atom. The number of rotatable bonds is 3. The standard InChI is InChI=1S/C6H9N.C4H6.C2H6/c1-3-5-7-6-4-2;1-3-4-2;1-2/h3-6H,1H2,2H3;3-4H,1-2H2;1-2H3/b6-4-,7-5?;;. The van der Waals surface area contributed by atoms with Crippen LogP contribution in [-0.2, 0) is 0 Å². The minimum absolute atomic E-state index is 1.64. The third-order valence-corrected chi connectivity index (χ3v) is 0.593. The molecular weight excluding hydrogens is 158 g/mol. The number of aliphatic imine (C=N–C) groups is 1. The van der Waals surface area contributed by atoms with Crippen molar-refractivity contribution in [1.82, 2.24) is 0 Å². The predicted molar refractivity (Wildman–Crippen MR) is 65.2 cm³/mol. The molecule has 0 bridgehead atoms. The van der Waals surface area contributed by atoms with E-state index in [2.05, 4.69) is 24.7 Å². The molecule has 0 saturated heterocycles. The summed E-state index contributed by atoms with van der Waals surface area (Å²) in [5.41, 5.74) is 0. The first-order valence-corrected chi connectivity index (χ1v) is 4.32. The first-order valence-electron chi connectivity index (χ1n) is 4.32. The number of hydrogen-bond donors (Lipinski definition) is 0. The molecule has 1 nitrogen and oxygen atoms in total. The number of nitrogens with zero attached hydrogens (tertiary/aromatic N) is 1. The fourth-order valence-electron chi connectivity index (χ4n) is 0.197. The summed E-state index contributed by atoms with van der Waals surface area (Å²) in [4.78, 5) is 3.78. The number of hydrogen-bond acceptors (Lipinski definition) is 1. The number of allylic oxidation sites excluding steroid dienone is 4. The van der Waals surface area contributed by atoms with Gasteiger partial charge in [-0.1, -0.05) is 57.9 Å². The van der Waals surface area contributed by atoms with Gasteiger partial charge in [-0.3, -0.25) is 4.99 Å². The lowest BCUT2D eigenvalue weighted by atomic mass is 10.6. The smallest absolute Gasteiger partial charge is 0.0261 e. The molecule has 0 unspecified atom stereocenters. The van der Waals surface area contributed by atoms with Gasteiger partial charge in [0.1, 0.15) is 0 Å². The van der Waals surface area contributed by atoms with Crippen molar-refractivity contribution in [2.75, 3.05) is 0 Å². The molecule has 0 aliphatic heterocycles. The van der Waals surface area contributed by atoms with Crippen LogP contribution in [0.1, 0.15) is 20.8 Å². The molecular formula is C12H21N. The second-order valence-corrected chi connectivity index (χ2v) is 1.49. The van der Waals surface area contributed by atoms with Gasteiger partial charge < -0.3 is 0 Å². The van der Waals surface area contributed by atoms with Crippen LogP contribution in [0.15, 0.2) is 55.2 Å². The Balaban J connectivity index is -0.000000142. The molecule has 0 aliphatic carbocycles. The summed E-state index contributed by atoms with van der Waals surface area (Å²) < 4.78 is 0. The third kappa shape index (κ3) is 60.1. The summed E-state index contributed by atoms with van der Waals surface area (Å²) in [6.07, 6.45) is 10.1. The normalized spacial score (nSPS) is 7.92. The van der Waals surface area contributed by atoms with E-state index in [4.69, 9.17) is 0 Å². The highest BCUT2D eigenvalue weighted by atomic mass is 14.6. The van der Waals surface area contributed by atoms with Gasteiger partial charge in [0.25, 0.3) is 0 Å². The van der Waals surface area contributed by atoms with Crippen LogP contribution in [0, 0.1) is 0 Å². The van der Waals surface area contributed by atoms with Crippen LogP contribution in [-0.4, -0.2) is 6.21 Å². The zero-order valence-electron chi connectivity index (χ0n) is 9.03. The molecule has 0 atom stereocenters. The maximum absolute atomic E-state index is 3.78. The first-order chi connectivity index (χ1) is 6.33. The topological polar surface area (TPSA) is 12.4 Å². The lowest BCUT2D eigenvalue weighted by molar-refractivity contribution is 1.50. The van der Waals surface area contributed by atoms with Gasteiger partial charge in [-0.2, -0.15) is 0 Å². The highest BCUT2D eigenvalue weighted by Gasteiger charge is 1.51. The highest BCUT2D eigenvalue weighted by Crippen LogP contribution is 1.68. The highest BCUT2D eigenvalue weighted by molar-refractivity contribution is 5.70. The Kier molecular flexibility index (Phi) is 42.2. The second kappa shape index (κ2) is 31.1. The van der Waals surface area contributed by atoms with Crippen molar-refractivity contribution in [1.29, 1.82) is 0 Å². The lowest BCUT2D eigenvalue weighted by Gasteiger charge is -1.66. The molecule has 0 aliphatic rings. The van der Waals surface area contributed by atoms with E-state index in [1.165, 1.54) is 0 Å². The van der Waals surface area contributed by atoms with Gasteiger partial charge in [0.15, 0.2) is 0 Å². The van der Waals surface area contributed by atoms with E-state index in [0.29, 0.717) is 0 Å². The second-order valence-electron chi connectivity index (χ2n) is 1.49. The molecule has 0 N–H and O–H groups in total. The Labute approximate surface area is 82.9 Å². The molecule has 0 amide bonds. The van der Waals surface area contributed by atoms with E-state index in [1.54, 1.807) is 30.6 Å². The minimum atomic E-state index is 1.64. The molecule has 13 heavy (non-hydrogen) atoms. The van der Waals surface area contributed by atoms with Gasteiger partial charge in [-0.05, 0) is 6.92 Å². The van der Waals surface area contributed by atoms with Crippen molar-refractivity contribution in [3.8, 4) is 0 Å². The van der Waals surface area contributed by atoms with Gasteiger partial charge in [0.2, 0.25) is 0 Å². The Hall–Kier alpha value is -1.37. The Morgan fingerprint density at radius 3 is 1.62 bits per heavy atom. The van der Waals surface area contributed by atoms with Crippen molar-refractivity contribution >= 4 is 6.21 Å². The summed E-state index contributed by atoms with van der Waals surface area (Å²) >= 11 is 0. The van der Waals surface area contributed by atoms with Gasteiger partial charge in [-0.15, -0.1) is 0 Å². The summed E-state index contributed by atoms with van der Waals surface area (Å²) in [5.74, 6) is 0. The molecule has 0 aromatic rings. The molecule has 0 rings (SSSR count). The van der Waals surface area contributed by atoms with Crippen molar-refractivity contribution < 1.29 is 0 Å². The largest absolute Gasteiger partial charge is 0.265 e. The van der Waals surface area contributed by atoms with Crippen LogP contribution >= 0.6 is 0 Å². The fourth-order valence-corrected chi connectivity index (χ4v) is 0.197. The molecule has 1 heteroatoms. The summed E-state index contributed by atoms with van der Waals surface area (Å²) in [5, 5.41) is 0. The molecule has 0 heterocycles. The molecule has 0 fully saturated rings. The van der Waals surface area contributed by atoms with Gasteiger partial charge in [-0.25, -0.2) is 0 Å². The van der Waals surface area contributed by atoms with E-state index in [1.807, 2.05) is 26.8 Å². The van der Waals surface area contributed by atoms with Crippen molar-refractivity contribution in [2.45, 2.75) is 20.8 Å². The van der Waals surface area contributed by atoms with Crippen LogP contribution < -0.4 is 0 Å². The molecule has 0 aromatic heterocycles. The van der Waals surface area contributed by atoms with E-state index in [-0.39, 0.29) is 0 Å². The van der Waals surface area contributed by atoms with E-state index in [0.717, 1.165) is 0 Å². The zero-order chi connectivity index (χ0) is 10.9. The lowest BCUT2D eigenvalue weighted by Crippen LogP contribution is -1.54. The molecule has 74 valence electrons. The van der Waals surface area contributed by atoms with Crippen molar-refractivity contribution in [3.63, 3.8) is 0 Å². The molecule has 0 aromatic carbocycles. The molecule has 0 radical (unpaired) electrons. The van der Waals surface area contributed by atoms with Crippen LogP contribution in [0.4, 0.5) is 0 Å². The monoisotopic (exact) mass is 179 g/mol. The van der Waals surface area contributed by atoms with Crippen LogP contribution in [0.2, 0.25) is 0 Å². The minimum Gasteiger partial charge on any atom is -0.265 e. The summed E-state index contributed by atoms with van der Waals surface area (Å²) in [7, 11) is 0.